The molecule has 2 aromatic rings. The Labute approximate surface area is 91.2 Å². The predicted molar refractivity (Wildman–Crippen MR) is 56.9 cm³/mol. The average molecular weight is 215 g/mol. The molecule has 5 heteroatoms. The SMILES string of the molecule is NC(=O)c1[nH]nc2c1COc1ccccc1-2. The van der Waals surface area contributed by atoms with E-state index in [0.717, 1.165) is 22.6 Å². The van der Waals surface area contributed by atoms with Gasteiger partial charge < -0.3 is 10.5 Å². The number of amides is 1. The van der Waals surface area contributed by atoms with Crippen molar-refractivity contribution in [2.24, 2.45) is 5.73 Å². The van der Waals surface area contributed by atoms with E-state index in [4.69, 9.17) is 10.5 Å². The number of hydrogen-bond acceptors (Lipinski definition) is 3. The lowest BCUT2D eigenvalue weighted by atomic mass is 10.0. The summed E-state index contributed by atoms with van der Waals surface area (Å²) in [5, 5.41) is 6.77. The number of aromatic nitrogens is 2. The second-order valence-electron chi connectivity index (χ2n) is 3.57. The summed E-state index contributed by atoms with van der Waals surface area (Å²) < 4.78 is 5.53. The minimum absolute atomic E-state index is 0.321. The fourth-order valence-electron chi connectivity index (χ4n) is 1.87. The molecule has 0 fully saturated rings. The number of carbonyl (C=O) groups is 1. The van der Waals surface area contributed by atoms with Gasteiger partial charge in [-0.1, -0.05) is 12.1 Å². The molecule has 3 rings (SSSR count). The first-order valence-corrected chi connectivity index (χ1v) is 4.86. The van der Waals surface area contributed by atoms with Gasteiger partial charge in [-0.25, -0.2) is 0 Å². The van der Waals surface area contributed by atoms with Crippen LogP contribution >= 0.6 is 0 Å². The Kier molecular flexibility index (Phi) is 1.73. The number of benzene rings is 1. The van der Waals surface area contributed by atoms with Gasteiger partial charge in [0.2, 0.25) is 0 Å². The molecule has 5 nitrogen and oxygen atoms in total. The zero-order chi connectivity index (χ0) is 11.1. The molecule has 0 bridgehead atoms. The Balaban J connectivity index is 2.23. The van der Waals surface area contributed by atoms with Gasteiger partial charge in [0.25, 0.3) is 5.91 Å². The van der Waals surface area contributed by atoms with Gasteiger partial charge in [0.05, 0.1) is 0 Å². The Morgan fingerprint density at radius 3 is 3.06 bits per heavy atom. The van der Waals surface area contributed by atoms with Crippen LogP contribution in [0.3, 0.4) is 0 Å². The maximum Gasteiger partial charge on any atom is 0.267 e. The van der Waals surface area contributed by atoms with E-state index in [1.54, 1.807) is 0 Å². The average Bonchev–Trinajstić information content (AvgIpc) is 2.73. The van der Waals surface area contributed by atoms with Crippen LogP contribution in [0.25, 0.3) is 11.3 Å². The molecule has 1 aromatic carbocycles. The number of hydrogen-bond donors (Lipinski definition) is 2. The van der Waals surface area contributed by atoms with Gasteiger partial charge >= 0.3 is 0 Å². The minimum Gasteiger partial charge on any atom is -0.488 e. The van der Waals surface area contributed by atoms with E-state index in [0.29, 0.717) is 12.3 Å². The molecule has 0 unspecified atom stereocenters. The molecule has 16 heavy (non-hydrogen) atoms. The van der Waals surface area contributed by atoms with Crippen LogP contribution in [0.1, 0.15) is 16.1 Å². The largest absolute Gasteiger partial charge is 0.488 e. The molecule has 0 spiro atoms. The molecule has 0 radical (unpaired) electrons. The van der Waals surface area contributed by atoms with Gasteiger partial charge in [-0.05, 0) is 12.1 Å². The van der Waals surface area contributed by atoms with E-state index in [1.165, 1.54) is 0 Å². The van der Waals surface area contributed by atoms with Gasteiger partial charge in [-0.2, -0.15) is 5.10 Å². The number of nitrogens with one attached hydrogen (secondary N) is 1. The van der Waals surface area contributed by atoms with E-state index >= 15 is 0 Å². The van der Waals surface area contributed by atoms with Crippen molar-refractivity contribution in [3.8, 4) is 17.0 Å². The van der Waals surface area contributed by atoms with Gasteiger partial charge in [0.1, 0.15) is 23.7 Å². The Bertz CT molecular complexity index is 574. The normalized spacial score (nSPS) is 12.5. The van der Waals surface area contributed by atoms with Crippen LogP contribution in [0.5, 0.6) is 5.75 Å². The van der Waals surface area contributed by atoms with Gasteiger partial charge in [-0.15, -0.1) is 0 Å². The van der Waals surface area contributed by atoms with Gasteiger partial charge in [-0.3, -0.25) is 9.89 Å². The standard InChI is InChI=1S/C11H9N3O2/c12-11(15)10-7-5-16-8-4-2-1-3-6(8)9(7)13-14-10/h1-4H,5H2,(H2,12,15)(H,13,14). The first-order chi connectivity index (χ1) is 7.77. The highest BCUT2D eigenvalue weighted by Crippen LogP contribution is 2.36. The van der Waals surface area contributed by atoms with Crippen molar-refractivity contribution in [3.05, 3.63) is 35.5 Å². The summed E-state index contributed by atoms with van der Waals surface area (Å²) in [6.07, 6.45) is 0. The number of primary amides is 1. The number of nitrogens with two attached hydrogens (primary N) is 1. The van der Waals surface area contributed by atoms with E-state index in [-0.39, 0.29) is 0 Å². The van der Waals surface area contributed by atoms with Crippen LogP contribution in [0, 0.1) is 0 Å². The van der Waals surface area contributed by atoms with Crippen molar-refractivity contribution in [3.63, 3.8) is 0 Å². The predicted octanol–water partition coefficient (Wildman–Crippen LogP) is 1.07. The number of fused-ring (bicyclic) bond motifs is 3. The Hall–Kier alpha value is -2.30. The quantitative estimate of drug-likeness (QED) is 0.746. The zero-order valence-electron chi connectivity index (χ0n) is 8.36. The minimum atomic E-state index is -0.517. The number of para-hydroxylation sites is 1. The van der Waals surface area contributed by atoms with E-state index in [2.05, 4.69) is 10.2 Å². The lowest BCUT2D eigenvalue weighted by molar-refractivity contribution is 0.0993. The first-order valence-electron chi connectivity index (χ1n) is 4.86. The molecule has 2 heterocycles. The fourth-order valence-corrected chi connectivity index (χ4v) is 1.87. The fraction of sp³-hybridized carbons (Fsp3) is 0.0909. The summed E-state index contributed by atoms with van der Waals surface area (Å²) in [5.74, 6) is 0.259. The van der Waals surface area contributed by atoms with E-state index < -0.39 is 5.91 Å². The van der Waals surface area contributed by atoms with Crippen LogP contribution in [0.4, 0.5) is 0 Å². The second-order valence-corrected chi connectivity index (χ2v) is 3.57. The smallest absolute Gasteiger partial charge is 0.267 e. The molecule has 1 amide bonds. The molecule has 1 aliphatic heterocycles. The molecular formula is C11H9N3O2. The monoisotopic (exact) mass is 215 g/mol. The van der Waals surface area contributed by atoms with Gasteiger partial charge in [0, 0.05) is 11.1 Å². The molecule has 0 atom stereocenters. The summed E-state index contributed by atoms with van der Waals surface area (Å²) >= 11 is 0. The van der Waals surface area contributed by atoms with E-state index in [9.17, 15) is 4.79 Å². The molecule has 0 aliphatic carbocycles. The number of H-pyrrole nitrogens is 1. The summed E-state index contributed by atoms with van der Waals surface area (Å²) in [6.45, 7) is 0.321. The third-order valence-electron chi connectivity index (χ3n) is 2.63. The van der Waals surface area contributed by atoms with Gasteiger partial charge in [0.15, 0.2) is 0 Å². The van der Waals surface area contributed by atoms with Crippen molar-refractivity contribution >= 4 is 5.91 Å². The maximum absolute atomic E-state index is 11.1. The molecule has 3 N–H and O–H groups in total. The van der Waals surface area contributed by atoms with Crippen molar-refractivity contribution in [2.45, 2.75) is 6.61 Å². The molecule has 0 saturated heterocycles. The van der Waals surface area contributed by atoms with Crippen LogP contribution in [-0.4, -0.2) is 16.1 Å². The molecule has 1 aliphatic rings. The summed E-state index contributed by atoms with van der Waals surface area (Å²) in [4.78, 5) is 11.1. The Morgan fingerprint density at radius 1 is 1.44 bits per heavy atom. The zero-order valence-corrected chi connectivity index (χ0v) is 8.36. The summed E-state index contributed by atoms with van der Waals surface area (Å²) in [5.41, 5.74) is 7.92. The number of carbonyl (C=O) groups excluding carboxylic acids is 1. The number of nitrogens with zero attached hydrogens (tertiary/aromatic N) is 1. The third kappa shape index (κ3) is 1.11. The molecule has 80 valence electrons. The highest BCUT2D eigenvalue weighted by Gasteiger charge is 2.24. The number of ether oxygens (including phenoxy) is 1. The summed E-state index contributed by atoms with van der Waals surface area (Å²) in [7, 11) is 0. The maximum atomic E-state index is 11.1. The highest BCUT2D eigenvalue weighted by atomic mass is 16.5. The number of aromatic amines is 1. The topological polar surface area (TPSA) is 81.0 Å². The van der Waals surface area contributed by atoms with Crippen LogP contribution < -0.4 is 10.5 Å². The van der Waals surface area contributed by atoms with Crippen LogP contribution in [-0.2, 0) is 6.61 Å². The molecular weight excluding hydrogens is 206 g/mol. The van der Waals surface area contributed by atoms with E-state index in [1.807, 2.05) is 24.3 Å². The second kappa shape index (κ2) is 3.10. The van der Waals surface area contributed by atoms with Crippen LogP contribution in [0.2, 0.25) is 0 Å². The van der Waals surface area contributed by atoms with Crippen molar-refractivity contribution in [1.29, 1.82) is 0 Å². The molecule has 0 saturated carbocycles. The molecule has 1 aromatic heterocycles. The first kappa shape index (κ1) is 8.96. The highest BCUT2D eigenvalue weighted by molar-refractivity contribution is 5.94. The van der Waals surface area contributed by atoms with Crippen molar-refractivity contribution < 1.29 is 9.53 Å². The lowest BCUT2D eigenvalue weighted by Gasteiger charge is -2.16. The number of rotatable bonds is 1. The lowest BCUT2D eigenvalue weighted by Crippen LogP contribution is -2.15. The third-order valence-corrected chi connectivity index (χ3v) is 2.63. The van der Waals surface area contributed by atoms with Crippen molar-refractivity contribution in [2.75, 3.05) is 0 Å². The Morgan fingerprint density at radius 2 is 2.25 bits per heavy atom. The van der Waals surface area contributed by atoms with Crippen LogP contribution in [0.15, 0.2) is 24.3 Å². The summed E-state index contributed by atoms with van der Waals surface area (Å²) in [6, 6.07) is 7.57. The van der Waals surface area contributed by atoms with Crippen molar-refractivity contribution in [1.82, 2.24) is 10.2 Å².